The summed E-state index contributed by atoms with van der Waals surface area (Å²) >= 11 is 0. The Balaban J connectivity index is 2.31. The van der Waals surface area contributed by atoms with Gasteiger partial charge in [-0.1, -0.05) is 13.8 Å². The van der Waals surface area contributed by atoms with E-state index < -0.39 is 0 Å². The van der Waals surface area contributed by atoms with E-state index in [9.17, 15) is 5.11 Å². The summed E-state index contributed by atoms with van der Waals surface area (Å²) in [7, 11) is 0. The van der Waals surface area contributed by atoms with Gasteiger partial charge in [0.05, 0.1) is 12.3 Å². The predicted octanol–water partition coefficient (Wildman–Crippen LogP) is 1.78. The molecule has 4 nitrogen and oxygen atoms in total. The molecule has 2 unspecified atom stereocenters. The molecule has 0 spiro atoms. The molecule has 1 heterocycles. The molecule has 0 fully saturated rings. The third kappa shape index (κ3) is 3.61. The van der Waals surface area contributed by atoms with Crippen molar-refractivity contribution in [2.24, 2.45) is 5.92 Å². The van der Waals surface area contributed by atoms with Crippen LogP contribution < -0.4 is 5.32 Å². The Kier molecular flexibility index (Phi) is 4.96. The van der Waals surface area contributed by atoms with Crippen molar-refractivity contribution >= 4 is 0 Å². The van der Waals surface area contributed by atoms with Crippen molar-refractivity contribution in [1.29, 1.82) is 0 Å². The van der Waals surface area contributed by atoms with Gasteiger partial charge in [0.25, 0.3) is 0 Å². The van der Waals surface area contributed by atoms with Crippen LogP contribution in [0.5, 0.6) is 0 Å². The van der Waals surface area contributed by atoms with Gasteiger partial charge in [0.1, 0.15) is 0 Å². The van der Waals surface area contributed by atoms with Gasteiger partial charge in [-0.05, 0) is 32.7 Å². The van der Waals surface area contributed by atoms with Crippen molar-refractivity contribution in [3.05, 3.63) is 17.5 Å². The van der Waals surface area contributed by atoms with E-state index in [0.717, 1.165) is 18.7 Å². The van der Waals surface area contributed by atoms with Crippen molar-refractivity contribution in [3.63, 3.8) is 0 Å². The van der Waals surface area contributed by atoms with Crippen LogP contribution in [-0.4, -0.2) is 28.0 Å². The minimum Gasteiger partial charge on any atom is -0.393 e. The molecule has 1 aromatic rings. The molecule has 0 bridgehead atoms. The molecule has 0 saturated heterocycles. The molecule has 0 aromatic carbocycles. The summed E-state index contributed by atoms with van der Waals surface area (Å²) < 4.78 is 0. The molecule has 2 atom stereocenters. The first-order valence-electron chi connectivity index (χ1n) is 5.93. The lowest BCUT2D eigenvalue weighted by atomic mass is 10.0. The van der Waals surface area contributed by atoms with Gasteiger partial charge in [-0.25, -0.2) is 0 Å². The first kappa shape index (κ1) is 13.2. The minimum atomic E-state index is -0.217. The van der Waals surface area contributed by atoms with E-state index in [1.165, 1.54) is 5.56 Å². The van der Waals surface area contributed by atoms with Gasteiger partial charge in [-0.3, -0.25) is 5.10 Å². The Morgan fingerprint density at radius 1 is 1.44 bits per heavy atom. The Hall–Kier alpha value is -0.870. The maximum Gasteiger partial charge on any atom is 0.0575 e. The number of aliphatic hydroxyl groups is 1. The van der Waals surface area contributed by atoms with Crippen molar-refractivity contribution in [1.82, 2.24) is 15.5 Å². The standard InChI is InChI=1S/C12H23N3O/c1-8(2)12(16)5-6-13-9(3)11-7-14-15-10(11)4/h7-9,12-13,16H,5-6H2,1-4H3,(H,14,15). The highest BCUT2D eigenvalue weighted by molar-refractivity contribution is 5.18. The van der Waals surface area contributed by atoms with Crippen LogP contribution >= 0.6 is 0 Å². The lowest BCUT2D eigenvalue weighted by Gasteiger charge is -2.17. The Labute approximate surface area is 97.5 Å². The van der Waals surface area contributed by atoms with E-state index in [4.69, 9.17) is 0 Å². The second kappa shape index (κ2) is 6.01. The van der Waals surface area contributed by atoms with E-state index >= 15 is 0 Å². The summed E-state index contributed by atoms with van der Waals surface area (Å²) in [5, 5.41) is 20.0. The third-order valence-electron chi connectivity index (χ3n) is 3.00. The number of rotatable bonds is 6. The quantitative estimate of drug-likeness (QED) is 0.691. The van der Waals surface area contributed by atoms with E-state index in [0.29, 0.717) is 5.92 Å². The first-order chi connectivity index (χ1) is 7.52. The van der Waals surface area contributed by atoms with E-state index in [-0.39, 0.29) is 12.1 Å². The minimum absolute atomic E-state index is 0.217. The highest BCUT2D eigenvalue weighted by Gasteiger charge is 2.12. The molecule has 1 aromatic heterocycles. The molecule has 0 radical (unpaired) electrons. The van der Waals surface area contributed by atoms with Crippen molar-refractivity contribution in [3.8, 4) is 0 Å². The topological polar surface area (TPSA) is 60.9 Å². The Morgan fingerprint density at radius 3 is 2.62 bits per heavy atom. The monoisotopic (exact) mass is 225 g/mol. The zero-order chi connectivity index (χ0) is 12.1. The number of aryl methyl sites for hydroxylation is 1. The summed E-state index contributed by atoms with van der Waals surface area (Å²) in [6.45, 7) is 9.02. The molecule has 0 aliphatic rings. The Bertz CT molecular complexity index is 309. The van der Waals surface area contributed by atoms with Crippen LogP contribution in [0.2, 0.25) is 0 Å². The van der Waals surface area contributed by atoms with Crippen LogP contribution in [-0.2, 0) is 0 Å². The summed E-state index contributed by atoms with van der Waals surface area (Å²) in [6, 6.07) is 0.276. The van der Waals surface area contributed by atoms with Gasteiger partial charge in [0.15, 0.2) is 0 Å². The SMILES string of the molecule is Cc1[nH]ncc1C(C)NCCC(O)C(C)C. The van der Waals surface area contributed by atoms with Crippen LogP contribution in [0.15, 0.2) is 6.20 Å². The highest BCUT2D eigenvalue weighted by atomic mass is 16.3. The zero-order valence-corrected chi connectivity index (χ0v) is 10.6. The van der Waals surface area contributed by atoms with Crippen LogP contribution in [0.25, 0.3) is 0 Å². The average molecular weight is 225 g/mol. The van der Waals surface area contributed by atoms with Crippen LogP contribution in [0.1, 0.15) is 44.5 Å². The van der Waals surface area contributed by atoms with Gasteiger partial charge < -0.3 is 10.4 Å². The van der Waals surface area contributed by atoms with Gasteiger partial charge in [0, 0.05) is 17.3 Å². The molecule has 4 heteroatoms. The molecule has 3 N–H and O–H groups in total. The third-order valence-corrected chi connectivity index (χ3v) is 3.00. The maximum atomic E-state index is 9.67. The maximum absolute atomic E-state index is 9.67. The lowest BCUT2D eigenvalue weighted by Crippen LogP contribution is -2.25. The summed E-state index contributed by atoms with van der Waals surface area (Å²) in [6.07, 6.45) is 2.43. The van der Waals surface area contributed by atoms with Crippen molar-refractivity contribution in [2.45, 2.75) is 46.3 Å². The molecular weight excluding hydrogens is 202 g/mol. The van der Waals surface area contributed by atoms with Crippen molar-refractivity contribution < 1.29 is 5.11 Å². The second-order valence-electron chi connectivity index (χ2n) is 4.73. The number of hydrogen-bond donors (Lipinski definition) is 3. The Morgan fingerprint density at radius 2 is 2.12 bits per heavy atom. The fraction of sp³-hybridized carbons (Fsp3) is 0.750. The van der Waals surface area contributed by atoms with E-state index in [1.54, 1.807) is 0 Å². The molecule has 0 aliphatic heterocycles. The van der Waals surface area contributed by atoms with Crippen LogP contribution in [0, 0.1) is 12.8 Å². The first-order valence-corrected chi connectivity index (χ1v) is 5.93. The van der Waals surface area contributed by atoms with Gasteiger partial charge in [0.2, 0.25) is 0 Å². The second-order valence-corrected chi connectivity index (χ2v) is 4.73. The zero-order valence-electron chi connectivity index (χ0n) is 10.6. The number of aromatic nitrogens is 2. The molecular formula is C12H23N3O. The summed E-state index contributed by atoms with van der Waals surface area (Å²) in [5.41, 5.74) is 2.29. The predicted molar refractivity (Wildman–Crippen MR) is 65.2 cm³/mol. The fourth-order valence-corrected chi connectivity index (χ4v) is 1.69. The fourth-order valence-electron chi connectivity index (χ4n) is 1.69. The normalized spacial score (nSPS) is 15.4. The number of hydrogen-bond acceptors (Lipinski definition) is 3. The van der Waals surface area contributed by atoms with Gasteiger partial charge in [-0.2, -0.15) is 5.10 Å². The number of aromatic amines is 1. The van der Waals surface area contributed by atoms with Gasteiger partial charge in [-0.15, -0.1) is 0 Å². The summed E-state index contributed by atoms with van der Waals surface area (Å²) in [4.78, 5) is 0. The molecule has 0 amide bonds. The molecule has 1 rings (SSSR count). The molecule has 16 heavy (non-hydrogen) atoms. The number of H-pyrrole nitrogens is 1. The number of nitrogens with zero attached hydrogens (tertiary/aromatic N) is 1. The molecule has 0 saturated carbocycles. The largest absolute Gasteiger partial charge is 0.393 e. The summed E-state index contributed by atoms with van der Waals surface area (Å²) in [5.74, 6) is 0.327. The highest BCUT2D eigenvalue weighted by Crippen LogP contribution is 2.14. The van der Waals surface area contributed by atoms with Crippen molar-refractivity contribution in [2.75, 3.05) is 6.54 Å². The smallest absolute Gasteiger partial charge is 0.0575 e. The van der Waals surface area contributed by atoms with E-state index in [2.05, 4.69) is 22.4 Å². The van der Waals surface area contributed by atoms with Crippen LogP contribution in [0.3, 0.4) is 0 Å². The number of nitrogens with one attached hydrogen (secondary N) is 2. The number of aliphatic hydroxyl groups excluding tert-OH is 1. The van der Waals surface area contributed by atoms with Gasteiger partial charge >= 0.3 is 0 Å². The molecule has 92 valence electrons. The van der Waals surface area contributed by atoms with Crippen LogP contribution in [0.4, 0.5) is 0 Å². The average Bonchev–Trinajstić information content (AvgIpc) is 2.64. The lowest BCUT2D eigenvalue weighted by molar-refractivity contribution is 0.115. The molecule has 0 aliphatic carbocycles. The van der Waals surface area contributed by atoms with E-state index in [1.807, 2.05) is 27.0 Å².